The summed E-state index contributed by atoms with van der Waals surface area (Å²) in [6.07, 6.45) is 0. The predicted molar refractivity (Wildman–Crippen MR) is 175 cm³/mol. The van der Waals surface area contributed by atoms with Crippen LogP contribution in [0.1, 0.15) is 0 Å². The molecule has 0 saturated heterocycles. The first kappa shape index (κ1) is 28.4. The van der Waals surface area contributed by atoms with Crippen molar-refractivity contribution in [1.29, 1.82) is 0 Å². The summed E-state index contributed by atoms with van der Waals surface area (Å²) in [5, 5.41) is 8.55. The Kier molecular flexibility index (Phi) is 9.25. The van der Waals surface area contributed by atoms with Crippen LogP contribution < -0.4 is 31.8 Å². The molecule has 0 N–H and O–H groups in total. The largest absolute Gasteiger partial charge is 0.188 e. The van der Waals surface area contributed by atoms with Gasteiger partial charge in [0.1, 0.15) is 31.8 Å². The molecule has 6 rings (SSSR count). The van der Waals surface area contributed by atoms with Crippen molar-refractivity contribution < 1.29 is 21.1 Å². The summed E-state index contributed by atoms with van der Waals surface area (Å²) in [7, 11) is -4.24. The Morgan fingerprint density at radius 1 is 0.250 bits per heavy atom. The van der Waals surface area contributed by atoms with E-state index in [1.807, 2.05) is 0 Å². The average molecular weight is 734 g/mol. The van der Waals surface area contributed by atoms with E-state index in [4.69, 9.17) is 0 Å². The maximum absolute atomic E-state index is 2.36. The molecule has 198 valence electrons. The van der Waals surface area contributed by atoms with Crippen LogP contribution in [-0.4, -0.2) is 5.90 Å². The van der Waals surface area contributed by atoms with Crippen LogP contribution >= 0.6 is 14.5 Å². The molecule has 0 spiro atoms. The zero-order valence-electron chi connectivity index (χ0n) is 22.2. The Morgan fingerprint density at radius 2 is 0.400 bits per heavy atom. The molecule has 0 heterocycles. The Hall–Kier alpha value is -3.13. The van der Waals surface area contributed by atoms with Gasteiger partial charge in [-0.3, -0.25) is 0 Å². The van der Waals surface area contributed by atoms with E-state index >= 15 is 0 Å². The van der Waals surface area contributed by atoms with Gasteiger partial charge in [-0.2, -0.15) is 0 Å². The Bertz CT molecular complexity index is 1270. The smallest absolute Gasteiger partial charge is 0.0620 e. The molecule has 40 heavy (non-hydrogen) atoms. The summed E-state index contributed by atoms with van der Waals surface area (Å²) in [4.78, 5) is 0. The van der Waals surface area contributed by atoms with Gasteiger partial charge < -0.3 is 0 Å². The molecule has 0 aliphatic rings. The second kappa shape index (κ2) is 13.0. The topological polar surface area (TPSA) is 0 Å². The standard InChI is InChI=1S/C37H32P2.Pt/c1-7-19-32(20-8-1)38(33-21-9-2-10-22-33,34-23-11-3-12-24-34)31-39(35-25-13-4-14-26-35,36-27-15-5-16-28-36)37-29-17-6-18-30-37;/h1-30H,31H2;/q+2;. The van der Waals surface area contributed by atoms with Crippen molar-refractivity contribution in [3.8, 4) is 0 Å². The van der Waals surface area contributed by atoms with E-state index < -0.39 is 14.5 Å². The second-order valence-corrected chi connectivity index (χ2v) is 17.2. The predicted octanol–water partition coefficient (Wildman–Crippen LogP) is 6.93. The maximum Gasteiger partial charge on any atom is 0.188 e. The fraction of sp³-hybridized carbons (Fsp3) is 0.0270. The van der Waals surface area contributed by atoms with Gasteiger partial charge in [0.15, 0.2) is 20.4 Å². The molecule has 0 aromatic heterocycles. The third-order valence-electron chi connectivity index (χ3n) is 7.61. The maximum atomic E-state index is 2.36. The Balaban J connectivity index is 0.00000323. The van der Waals surface area contributed by atoms with Gasteiger partial charge in [0.05, 0.1) is 0 Å². The van der Waals surface area contributed by atoms with Gasteiger partial charge in [-0.1, -0.05) is 109 Å². The molecule has 0 saturated carbocycles. The van der Waals surface area contributed by atoms with Crippen molar-refractivity contribution in [2.75, 3.05) is 5.90 Å². The summed E-state index contributed by atoms with van der Waals surface area (Å²) < 4.78 is 0. The number of rotatable bonds is 8. The Labute approximate surface area is 254 Å². The molecular weight excluding hydrogens is 701 g/mol. The van der Waals surface area contributed by atoms with Crippen molar-refractivity contribution in [3.05, 3.63) is 182 Å². The van der Waals surface area contributed by atoms with E-state index in [1.54, 1.807) is 0 Å². The summed E-state index contributed by atoms with van der Waals surface area (Å²) in [6.45, 7) is 0. The van der Waals surface area contributed by atoms with Crippen LogP contribution in [-0.2, 0) is 21.1 Å². The van der Waals surface area contributed by atoms with Crippen LogP contribution in [0.5, 0.6) is 0 Å². The molecule has 0 atom stereocenters. The van der Waals surface area contributed by atoms with Crippen LogP contribution in [0.3, 0.4) is 0 Å². The van der Waals surface area contributed by atoms with E-state index in [-0.39, 0.29) is 21.1 Å². The van der Waals surface area contributed by atoms with Gasteiger partial charge in [-0.15, -0.1) is 0 Å². The summed E-state index contributed by atoms with van der Waals surface area (Å²) >= 11 is 0. The SMILES string of the molecule is [Pt].c1ccc([P+](C[P+](c2ccccc2)(c2ccccc2)c2ccccc2)(c2ccccc2)c2ccccc2)cc1. The average Bonchev–Trinajstić information content (AvgIpc) is 3.04. The monoisotopic (exact) mass is 733 g/mol. The minimum absolute atomic E-state index is 0. The van der Waals surface area contributed by atoms with Crippen LogP contribution in [0.25, 0.3) is 0 Å². The van der Waals surface area contributed by atoms with Gasteiger partial charge in [-0.25, -0.2) is 0 Å². The van der Waals surface area contributed by atoms with Crippen LogP contribution in [0.15, 0.2) is 182 Å². The third kappa shape index (κ3) is 5.30. The van der Waals surface area contributed by atoms with E-state index in [0.717, 1.165) is 5.90 Å². The fourth-order valence-corrected chi connectivity index (χ4v) is 18.1. The summed E-state index contributed by atoms with van der Waals surface area (Å²) in [5.41, 5.74) is 0. The molecule has 0 fully saturated rings. The molecule has 0 bridgehead atoms. The molecule has 0 unspecified atom stereocenters. The first-order valence-corrected chi connectivity index (χ1v) is 17.4. The van der Waals surface area contributed by atoms with Crippen LogP contribution in [0.2, 0.25) is 0 Å². The van der Waals surface area contributed by atoms with Gasteiger partial charge in [0, 0.05) is 21.1 Å². The van der Waals surface area contributed by atoms with Crippen molar-refractivity contribution in [2.24, 2.45) is 0 Å². The first-order chi connectivity index (χ1) is 19.3. The molecule has 3 heteroatoms. The van der Waals surface area contributed by atoms with Crippen LogP contribution in [0.4, 0.5) is 0 Å². The molecule has 0 amide bonds. The second-order valence-electron chi connectivity index (χ2n) is 9.77. The summed E-state index contributed by atoms with van der Waals surface area (Å²) in [6, 6.07) is 67.8. The van der Waals surface area contributed by atoms with E-state index in [2.05, 4.69) is 182 Å². The number of hydrogen-bond acceptors (Lipinski definition) is 0. The molecule has 0 radical (unpaired) electrons. The van der Waals surface area contributed by atoms with Crippen molar-refractivity contribution in [2.45, 2.75) is 0 Å². The molecule has 6 aromatic carbocycles. The molecule has 6 aromatic rings. The van der Waals surface area contributed by atoms with Crippen molar-refractivity contribution in [1.82, 2.24) is 0 Å². The van der Waals surface area contributed by atoms with Gasteiger partial charge >= 0.3 is 0 Å². The van der Waals surface area contributed by atoms with Crippen molar-refractivity contribution >= 4 is 46.4 Å². The number of benzene rings is 6. The minimum Gasteiger partial charge on any atom is -0.0620 e. The third-order valence-corrected chi connectivity index (χ3v) is 18.1. The first-order valence-electron chi connectivity index (χ1n) is 13.4. The molecular formula is C37H32P2Pt+2. The molecule has 0 aliphatic heterocycles. The van der Waals surface area contributed by atoms with Crippen molar-refractivity contribution in [3.63, 3.8) is 0 Å². The van der Waals surface area contributed by atoms with E-state index in [0.29, 0.717) is 0 Å². The quantitative estimate of drug-likeness (QED) is 0.149. The molecule has 0 aliphatic carbocycles. The minimum atomic E-state index is -2.12. The van der Waals surface area contributed by atoms with Crippen LogP contribution in [0, 0.1) is 0 Å². The van der Waals surface area contributed by atoms with E-state index in [1.165, 1.54) is 31.8 Å². The zero-order valence-corrected chi connectivity index (χ0v) is 26.3. The zero-order chi connectivity index (χ0) is 26.4. The van der Waals surface area contributed by atoms with Gasteiger partial charge in [0.2, 0.25) is 0 Å². The van der Waals surface area contributed by atoms with Gasteiger partial charge in [-0.05, 0) is 72.8 Å². The van der Waals surface area contributed by atoms with Gasteiger partial charge in [0.25, 0.3) is 0 Å². The normalized spacial score (nSPS) is 11.4. The van der Waals surface area contributed by atoms with E-state index in [9.17, 15) is 0 Å². The molecule has 0 nitrogen and oxygen atoms in total. The fourth-order valence-electron chi connectivity index (χ4n) is 5.80. The summed E-state index contributed by atoms with van der Waals surface area (Å²) in [5.74, 6) is 1.04. The number of hydrogen-bond donors (Lipinski definition) is 0. The Morgan fingerprint density at radius 3 is 0.550 bits per heavy atom.